The second kappa shape index (κ2) is 4.96. The summed E-state index contributed by atoms with van der Waals surface area (Å²) >= 11 is 11.0. The summed E-state index contributed by atoms with van der Waals surface area (Å²) in [6.07, 6.45) is 1.89. The molecule has 1 aromatic heterocycles. The molecule has 18 heavy (non-hydrogen) atoms. The fourth-order valence-electron chi connectivity index (χ4n) is 1.70. The number of halogens is 1. The van der Waals surface area contributed by atoms with Gasteiger partial charge in [-0.25, -0.2) is 0 Å². The molecular weight excluding hydrogens is 268 g/mol. The SMILES string of the molecule is Cc1nn(C)cc1Nc1cc(Cl)ccc1C(N)=S. The number of nitrogens with zero attached hydrogens (tertiary/aromatic N) is 2. The number of rotatable bonds is 3. The minimum absolute atomic E-state index is 0.329. The Morgan fingerprint density at radius 3 is 2.72 bits per heavy atom. The minimum atomic E-state index is 0.329. The Bertz CT molecular complexity index is 606. The number of aromatic nitrogens is 2. The first-order valence-corrected chi connectivity index (χ1v) is 6.12. The molecule has 0 aliphatic rings. The van der Waals surface area contributed by atoms with Crippen molar-refractivity contribution in [3.8, 4) is 0 Å². The van der Waals surface area contributed by atoms with Crippen molar-refractivity contribution in [3.63, 3.8) is 0 Å². The minimum Gasteiger partial charge on any atom is -0.389 e. The molecule has 6 heteroatoms. The number of aryl methyl sites for hydroxylation is 2. The van der Waals surface area contributed by atoms with Crippen LogP contribution < -0.4 is 11.1 Å². The molecule has 0 saturated heterocycles. The number of anilines is 2. The lowest BCUT2D eigenvalue weighted by Gasteiger charge is -2.10. The number of hydrogen-bond donors (Lipinski definition) is 2. The maximum absolute atomic E-state index is 5.99. The molecule has 0 saturated carbocycles. The van der Waals surface area contributed by atoms with Crippen molar-refractivity contribution in [1.82, 2.24) is 9.78 Å². The third-order valence-electron chi connectivity index (χ3n) is 2.53. The molecule has 2 rings (SSSR count). The van der Waals surface area contributed by atoms with Gasteiger partial charge in [0.05, 0.1) is 17.1 Å². The zero-order valence-corrected chi connectivity index (χ0v) is 11.6. The van der Waals surface area contributed by atoms with Gasteiger partial charge in [0, 0.05) is 23.8 Å². The third-order valence-corrected chi connectivity index (χ3v) is 2.98. The van der Waals surface area contributed by atoms with E-state index in [0.29, 0.717) is 10.0 Å². The van der Waals surface area contributed by atoms with Gasteiger partial charge in [-0.2, -0.15) is 5.10 Å². The first kappa shape index (κ1) is 12.9. The van der Waals surface area contributed by atoms with Crippen LogP contribution in [0.25, 0.3) is 0 Å². The van der Waals surface area contributed by atoms with Crippen LogP contribution in [0.3, 0.4) is 0 Å². The third kappa shape index (κ3) is 2.63. The van der Waals surface area contributed by atoms with E-state index >= 15 is 0 Å². The van der Waals surface area contributed by atoms with Gasteiger partial charge in [0.25, 0.3) is 0 Å². The van der Waals surface area contributed by atoms with E-state index in [1.54, 1.807) is 22.9 Å². The molecule has 0 unspecified atom stereocenters. The van der Waals surface area contributed by atoms with Gasteiger partial charge in [-0.3, -0.25) is 4.68 Å². The van der Waals surface area contributed by atoms with Crippen LogP contribution in [-0.2, 0) is 7.05 Å². The zero-order chi connectivity index (χ0) is 13.3. The van der Waals surface area contributed by atoms with Crippen LogP contribution in [0.2, 0.25) is 5.02 Å². The van der Waals surface area contributed by atoms with E-state index in [1.165, 1.54) is 0 Å². The Labute approximate surface area is 116 Å². The van der Waals surface area contributed by atoms with Crippen molar-refractivity contribution in [2.24, 2.45) is 12.8 Å². The molecule has 1 heterocycles. The summed E-state index contributed by atoms with van der Waals surface area (Å²) in [6.45, 7) is 1.92. The molecule has 0 amide bonds. The first-order chi connectivity index (χ1) is 8.47. The Hall–Kier alpha value is -1.59. The van der Waals surface area contributed by atoms with Crippen molar-refractivity contribution in [2.75, 3.05) is 5.32 Å². The summed E-state index contributed by atoms with van der Waals surface area (Å²) in [5.74, 6) is 0. The Balaban J connectivity index is 2.42. The lowest BCUT2D eigenvalue weighted by Crippen LogP contribution is -2.11. The largest absolute Gasteiger partial charge is 0.389 e. The monoisotopic (exact) mass is 280 g/mol. The highest BCUT2D eigenvalue weighted by Crippen LogP contribution is 2.26. The van der Waals surface area contributed by atoms with E-state index in [0.717, 1.165) is 22.6 Å². The van der Waals surface area contributed by atoms with Crippen LogP contribution in [0, 0.1) is 6.92 Å². The number of nitrogens with one attached hydrogen (secondary N) is 1. The summed E-state index contributed by atoms with van der Waals surface area (Å²) in [7, 11) is 1.87. The van der Waals surface area contributed by atoms with Gasteiger partial charge in [-0.1, -0.05) is 23.8 Å². The number of thiocarbonyl (C=S) groups is 1. The normalized spacial score (nSPS) is 10.4. The first-order valence-electron chi connectivity index (χ1n) is 5.34. The summed E-state index contributed by atoms with van der Waals surface area (Å²) in [4.78, 5) is 0.329. The van der Waals surface area contributed by atoms with Crippen molar-refractivity contribution < 1.29 is 0 Å². The Morgan fingerprint density at radius 1 is 1.44 bits per heavy atom. The molecular formula is C12H13ClN4S. The molecule has 1 aromatic carbocycles. The molecule has 94 valence electrons. The summed E-state index contributed by atoms with van der Waals surface area (Å²) < 4.78 is 1.74. The molecule has 0 aliphatic carbocycles. The van der Waals surface area contributed by atoms with E-state index in [1.807, 2.05) is 20.2 Å². The average molecular weight is 281 g/mol. The van der Waals surface area contributed by atoms with Gasteiger partial charge in [0.2, 0.25) is 0 Å². The maximum Gasteiger partial charge on any atom is 0.106 e. The van der Waals surface area contributed by atoms with Gasteiger partial charge >= 0.3 is 0 Å². The molecule has 2 aromatic rings. The Kier molecular flexibility index (Phi) is 3.54. The zero-order valence-electron chi connectivity index (χ0n) is 10.1. The maximum atomic E-state index is 5.99. The van der Waals surface area contributed by atoms with Gasteiger partial charge in [-0.05, 0) is 25.1 Å². The van der Waals surface area contributed by atoms with E-state index < -0.39 is 0 Å². The number of hydrogen-bond acceptors (Lipinski definition) is 3. The van der Waals surface area contributed by atoms with Gasteiger partial charge in [0.1, 0.15) is 4.99 Å². The van der Waals surface area contributed by atoms with Crippen LogP contribution >= 0.6 is 23.8 Å². The van der Waals surface area contributed by atoms with E-state index in [4.69, 9.17) is 29.6 Å². The lowest BCUT2D eigenvalue weighted by atomic mass is 10.1. The summed E-state index contributed by atoms with van der Waals surface area (Å²) in [6, 6.07) is 5.36. The standard InChI is InChI=1S/C12H13ClN4S/c1-7-11(6-17(2)16-7)15-10-5-8(13)3-4-9(10)12(14)18/h3-6,15H,1-2H3,(H2,14,18). The summed E-state index contributed by atoms with van der Waals surface area (Å²) in [5, 5.41) is 8.13. The van der Waals surface area contributed by atoms with Crippen molar-refractivity contribution in [1.29, 1.82) is 0 Å². The molecule has 0 aliphatic heterocycles. The molecule has 0 bridgehead atoms. The van der Waals surface area contributed by atoms with E-state index in [9.17, 15) is 0 Å². The van der Waals surface area contributed by atoms with Crippen molar-refractivity contribution in [3.05, 3.63) is 40.7 Å². The van der Waals surface area contributed by atoms with Gasteiger partial charge in [0.15, 0.2) is 0 Å². The molecule has 4 nitrogen and oxygen atoms in total. The molecule has 0 fully saturated rings. The Morgan fingerprint density at radius 2 is 2.17 bits per heavy atom. The van der Waals surface area contributed by atoms with Crippen LogP contribution in [0.1, 0.15) is 11.3 Å². The van der Waals surface area contributed by atoms with Crippen LogP contribution in [-0.4, -0.2) is 14.8 Å². The van der Waals surface area contributed by atoms with Crippen LogP contribution in [0.15, 0.2) is 24.4 Å². The van der Waals surface area contributed by atoms with Crippen LogP contribution in [0.5, 0.6) is 0 Å². The average Bonchev–Trinajstić information content (AvgIpc) is 2.57. The highest BCUT2D eigenvalue weighted by molar-refractivity contribution is 7.80. The topological polar surface area (TPSA) is 55.9 Å². The molecule has 0 atom stereocenters. The van der Waals surface area contributed by atoms with Gasteiger partial charge < -0.3 is 11.1 Å². The van der Waals surface area contributed by atoms with E-state index in [2.05, 4.69) is 10.4 Å². The van der Waals surface area contributed by atoms with E-state index in [-0.39, 0.29) is 0 Å². The fourth-order valence-corrected chi connectivity index (χ4v) is 2.05. The fraction of sp³-hybridized carbons (Fsp3) is 0.167. The van der Waals surface area contributed by atoms with Crippen LogP contribution in [0.4, 0.5) is 11.4 Å². The molecule has 0 radical (unpaired) electrons. The second-order valence-electron chi connectivity index (χ2n) is 3.98. The van der Waals surface area contributed by atoms with Crippen molar-refractivity contribution in [2.45, 2.75) is 6.92 Å². The summed E-state index contributed by atoms with van der Waals surface area (Å²) in [5.41, 5.74) is 9.03. The second-order valence-corrected chi connectivity index (χ2v) is 4.86. The molecule has 0 spiro atoms. The predicted molar refractivity (Wildman–Crippen MR) is 78.6 cm³/mol. The van der Waals surface area contributed by atoms with Gasteiger partial charge in [-0.15, -0.1) is 0 Å². The number of benzene rings is 1. The lowest BCUT2D eigenvalue weighted by molar-refractivity contribution is 0.756. The predicted octanol–water partition coefficient (Wildman–Crippen LogP) is 2.76. The van der Waals surface area contributed by atoms with Crippen molar-refractivity contribution >= 4 is 40.2 Å². The quantitative estimate of drug-likeness (QED) is 0.849. The number of nitrogens with two attached hydrogens (primary N) is 1. The molecule has 3 N–H and O–H groups in total. The highest BCUT2D eigenvalue weighted by atomic mass is 35.5. The highest BCUT2D eigenvalue weighted by Gasteiger charge is 2.09. The smallest absolute Gasteiger partial charge is 0.106 e.